The molecule has 2 radical (unpaired) electrons. The Morgan fingerprint density at radius 3 is 1.17 bits per heavy atom. The van der Waals surface area contributed by atoms with Crippen LogP contribution in [0.1, 0.15) is 0 Å². The predicted molar refractivity (Wildman–Crippen MR) is 14.2 cm³/mol. The van der Waals surface area contributed by atoms with Crippen LogP contribution in [0.4, 0.5) is 0 Å². The van der Waals surface area contributed by atoms with Gasteiger partial charge in [-0.3, -0.25) is 9.11 Å². The van der Waals surface area contributed by atoms with Gasteiger partial charge in [0.05, 0.1) is 0 Å². The average molecular weight is 324 g/mol. The molecule has 0 spiro atoms. The third-order valence-corrected chi connectivity index (χ3v) is 0. The van der Waals surface area contributed by atoms with Gasteiger partial charge >= 0.3 is 10.4 Å². The molecule has 0 atom stereocenters. The maximum Gasteiger partial charge on any atom is 0.394 e. The second-order valence-electron chi connectivity index (χ2n) is 0.448. The summed E-state index contributed by atoms with van der Waals surface area (Å²) in [4.78, 5) is 0. The summed E-state index contributed by atoms with van der Waals surface area (Å²) >= 11 is 0. The molecule has 0 heterocycles. The van der Waals surface area contributed by atoms with E-state index in [9.17, 15) is 0 Å². The Morgan fingerprint density at radius 1 is 1.17 bits per heavy atom. The first-order valence-corrected chi connectivity index (χ1v) is 2.10. The van der Waals surface area contributed by atoms with Crippen LogP contribution in [-0.2, 0) is 10.4 Å². The van der Waals surface area contributed by atoms with Gasteiger partial charge in [-0.2, -0.15) is 8.42 Å². The van der Waals surface area contributed by atoms with Crippen LogP contribution in [0.25, 0.3) is 0 Å². The first-order chi connectivity index (χ1) is 2.00. The van der Waals surface area contributed by atoms with Crippen molar-refractivity contribution in [3.63, 3.8) is 0 Å². The van der Waals surface area contributed by atoms with E-state index in [1.54, 1.807) is 0 Å². The summed E-state index contributed by atoms with van der Waals surface area (Å²) in [6.45, 7) is 0. The molecule has 0 aliphatic carbocycles. The van der Waals surface area contributed by atoms with Gasteiger partial charge in [0.25, 0.3) is 0 Å². The van der Waals surface area contributed by atoms with Crippen LogP contribution in [-0.4, -0.2) is 17.5 Å². The number of hydrogen-bond donors (Lipinski definition) is 2. The van der Waals surface area contributed by atoms with Crippen molar-refractivity contribution in [3.8, 4) is 0 Å². The fourth-order valence-corrected chi connectivity index (χ4v) is 0. The molecule has 0 saturated carbocycles. The first kappa shape index (κ1) is 10.3. The monoisotopic (exact) mass is 324 g/mol. The summed E-state index contributed by atoms with van der Waals surface area (Å²) < 4.78 is 31.6. The summed E-state index contributed by atoms with van der Waals surface area (Å²) in [7, 11) is -4.67. The summed E-state index contributed by atoms with van der Waals surface area (Å²) in [6.07, 6.45) is 0. The minimum absolute atomic E-state index is 0. The van der Waals surface area contributed by atoms with Crippen LogP contribution in [0.15, 0.2) is 0 Å². The van der Waals surface area contributed by atoms with Crippen LogP contribution in [0.3, 0.4) is 0 Å². The molecule has 0 aromatic carbocycles. The molecule has 0 amide bonds. The van der Waals surface area contributed by atoms with Gasteiger partial charge in [-0.25, -0.2) is 0 Å². The molecule has 0 aromatic rings. The van der Waals surface area contributed by atoms with Gasteiger partial charge in [0, 0.05) is 45.0 Å². The smallest absolute Gasteiger partial charge is 0.264 e. The van der Waals surface area contributed by atoms with Gasteiger partial charge in [0.1, 0.15) is 0 Å². The Morgan fingerprint density at radius 2 is 1.17 bits per heavy atom. The molecule has 6 heteroatoms. The molecule has 34 valence electrons. The number of rotatable bonds is 0. The second kappa shape index (κ2) is 3.35. The van der Waals surface area contributed by atoms with Crippen molar-refractivity contribution in [1.29, 1.82) is 0 Å². The Balaban J connectivity index is 0. The van der Waals surface area contributed by atoms with Gasteiger partial charge in [-0.15, -0.1) is 0 Å². The molecular formula is H2O4RaS. The van der Waals surface area contributed by atoms with Crippen molar-refractivity contribution in [2.45, 2.75) is 0 Å². The van der Waals surface area contributed by atoms with Gasteiger partial charge in [0.2, 0.25) is 0 Å². The van der Waals surface area contributed by atoms with Crippen molar-refractivity contribution in [2.75, 3.05) is 0 Å². The van der Waals surface area contributed by atoms with E-state index in [1.165, 1.54) is 0 Å². The molecule has 0 unspecified atom stereocenters. The SMILES string of the molecule is O=S(=O)(O)O.[Ra]. The Bertz CT molecular complexity index is 90.7. The zero-order valence-electron chi connectivity index (χ0n) is 2.83. The molecule has 6 heavy (non-hydrogen) atoms. The molecule has 4 nitrogen and oxygen atoms in total. The quantitative estimate of drug-likeness (QED) is 0.581. The zero-order valence-corrected chi connectivity index (χ0v) is 9.45. The molecular weight excluding hydrogens is 322 g/mol. The summed E-state index contributed by atoms with van der Waals surface area (Å²) in [5.41, 5.74) is 0. The molecule has 0 saturated heterocycles. The molecule has 0 rings (SSSR count). The largest absolute Gasteiger partial charge is 0.394 e. The van der Waals surface area contributed by atoms with Crippen molar-refractivity contribution < 1.29 is 62.5 Å². The third-order valence-electron chi connectivity index (χ3n) is 0. The summed E-state index contributed by atoms with van der Waals surface area (Å²) in [6, 6.07) is 0. The average Bonchev–Trinajstić information content (AvgIpc) is 0.722. The minimum Gasteiger partial charge on any atom is -0.264 e. The third kappa shape index (κ3) is 56.1. The zero-order chi connectivity index (χ0) is 4.50. The van der Waals surface area contributed by atoms with E-state index in [4.69, 9.17) is 17.5 Å². The van der Waals surface area contributed by atoms with E-state index >= 15 is 0 Å². The fourth-order valence-electron chi connectivity index (χ4n) is 0. The first-order valence-electron chi connectivity index (χ1n) is 0.698. The molecule has 0 aliphatic rings. The minimum atomic E-state index is -4.67. The van der Waals surface area contributed by atoms with Crippen molar-refractivity contribution in [2.24, 2.45) is 0 Å². The fraction of sp³-hybridized carbons (Fsp3) is 0. The van der Waals surface area contributed by atoms with E-state index in [0.717, 1.165) is 0 Å². The molecule has 0 aromatic heterocycles. The van der Waals surface area contributed by atoms with Crippen LogP contribution in [0.2, 0.25) is 0 Å². The maximum absolute atomic E-state index is 8.74. The van der Waals surface area contributed by atoms with Crippen LogP contribution >= 0.6 is 0 Å². The molecule has 0 aliphatic heterocycles. The summed E-state index contributed by atoms with van der Waals surface area (Å²) in [5, 5.41) is 0. The normalized spacial score (nSPS) is 9.67. The van der Waals surface area contributed by atoms with E-state index in [1.807, 2.05) is 0 Å². The standard InChI is InChI=1S/H2O4S.Ra/c1-5(2,3)4;/h(H2,1,2,3,4);. The van der Waals surface area contributed by atoms with Gasteiger partial charge in [-0.1, -0.05) is 0 Å². The number of hydrogen-bond acceptors (Lipinski definition) is 2. The van der Waals surface area contributed by atoms with Crippen LogP contribution in [0.5, 0.6) is 0 Å². The predicted octanol–water partition coefficient (Wildman–Crippen LogP) is -0.653. The Kier molecular flexibility index (Phi) is 5.78. The van der Waals surface area contributed by atoms with Crippen molar-refractivity contribution in [3.05, 3.63) is 0 Å². The van der Waals surface area contributed by atoms with E-state index in [-0.39, 0.29) is 45.0 Å². The van der Waals surface area contributed by atoms with E-state index < -0.39 is 10.4 Å². The van der Waals surface area contributed by atoms with E-state index in [0.29, 0.717) is 0 Å². The Labute approximate surface area is 71.9 Å². The Hall–Kier alpha value is 1.34. The topological polar surface area (TPSA) is 74.6 Å². The maximum atomic E-state index is 8.74. The second-order valence-corrected chi connectivity index (χ2v) is 1.34. The van der Waals surface area contributed by atoms with Gasteiger partial charge in [0.15, 0.2) is 0 Å². The van der Waals surface area contributed by atoms with Crippen LogP contribution in [0, 0.1) is 45.0 Å². The van der Waals surface area contributed by atoms with E-state index in [2.05, 4.69) is 0 Å². The van der Waals surface area contributed by atoms with Crippen molar-refractivity contribution >= 4 is 10.4 Å². The van der Waals surface area contributed by atoms with Crippen LogP contribution < -0.4 is 0 Å². The van der Waals surface area contributed by atoms with Crippen molar-refractivity contribution in [1.82, 2.24) is 0 Å². The van der Waals surface area contributed by atoms with Gasteiger partial charge < -0.3 is 0 Å². The summed E-state index contributed by atoms with van der Waals surface area (Å²) in [5.74, 6) is 0. The molecule has 2 N–H and O–H groups in total. The molecule has 0 bridgehead atoms. The van der Waals surface area contributed by atoms with Gasteiger partial charge in [-0.05, 0) is 0 Å². The molecule has 0 fully saturated rings.